The average Bonchev–Trinajstić information content (AvgIpc) is 2.59. The Bertz CT molecular complexity index is 1030. The quantitative estimate of drug-likeness (QED) is 0.384. The summed E-state index contributed by atoms with van der Waals surface area (Å²) < 4.78 is 5.29. The molecule has 0 spiro atoms. The highest BCUT2D eigenvalue weighted by atomic mass is 16.5. The lowest BCUT2D eigenvalue weighted by Gasteiger charge is -2.11. The van der Waals surface area contributed by atoms with Crippen molar-refractivity contribution in [2.45, 2.75) is 0 Å². The van der Waals surface area contributed by atoms with Gasteiger partial charge in [0.25, 0.3) is 0 Å². The van der Waals surface area contributed by atoms with Gasteiger partial charge in [-0.3, -0.25) is 4.79 Å². The summed E-state index contributed by atoms with van der Waals surface area (Å²) in [5.41, 5.74) is 0.715. The normalized spacial score (nSPS) is 11.1. The van der Waals surface area contributed by atoms with Crippen LogP contribution in [0.4, 0.5) is 0 Å². The molecule has 0 N–H and O–H groups in total. The van der Waals surface area contributed by atoms with Gasteiger partial charge in [-0.05, 0) is 45.1 Å². The standard InChI is InChI=1S/C20H14O2/c1-22-16-7-9-17-14(11-16)10-15(12-21)20-18-5-3-2-4-13(18)6-8-19(17)20/h2-12H,1H3. The Labute approximate surface area is 127 Å². The number of hydrogen-bond donors (Lipinski definition) is 0. The average molecular weight is 286 g/mol. The molecule has 0 aliphatic rings. The molecular weight excluding hydrogens is 272 g/mol. The van der Waals surface area contributed by atoms with Crippen molar-refractivity contribution >= 4 is 38.6 Å². The minimum atomic E-state index is 0.715. The van der Waals surface area contributed by atoms with Crippen LogP contribution in [0.25, 0.3) is 32.3 Å². The summed E-state index contributed by atoms with van der Waals surface area (Å²) in [6, 6.07) is 20.3. The first-order valence-electron chi connectivity index (χ1n) is 7.19. The van der Waals surface area contributed by atoms with Gasteiger partial charge in [0.2, 0.25) is 0 Å². The van der Waals surface area contributed by atoms with Crippen molar-refractivity contribution in [2.75, 3.05) is 7.11 Å². The summed E-state index contributed by atoms with van der Waals surface area (Å²) in [6.07, 6.45) is 0.938. The van der Waals surface area contributed by atoms with Gasteiger partial charge in [-0.25, -0.2) is 0 Å². The topological polar surface area (TPSA) is 26.3 Å². The molecule has 106 valence electrons. The van der Waals surface area contributed by atoms with E-state index in [1.807, 2.05) is 30.3 Å². The Balaban J connectivity index is 2.26. The Morgan fingerprint density at radius 2 is 1.64 bits per heavy atom. The molecule has 0 aromatic heterocycles. The predicted molar refractivity (Wildman–Crippen MR) is 90.9 cm³/mol. The lowest BCUT2D eigenvalue weighted by Crippen LogP contribution is -1.89. The van der Waals surface area contributed by atoms with Crippen molar-refractivity contribution in [1.82, 2.24) is 0 Å². The van der Waals surface area contributed by atoms with Gasteiger partial charge in [-0.15, -0.1) is 0 Å². The lowest BCUT2D eigenvalue weighted by molar-refractivity contribution is 0.112. The summed E-state index contributed by atoms with van der Waals surface area (Å²) in [5, 5.41) is 6.52. The van der Waals surface area contributed by atoms with E-state index < -0.39 is 0 Å². The molecule has 2 heteroatoms. The van der Waals surface area contributed by atoms with Gasteiger partial charge in [-0.1, -0.05) is 42.5 Å². The van der Waals surface area contributed by atoms with E-state index in [1.165, 1.54) is 0 Å². The van der Waals surface area contributed by atoms with Crippen molar-refractivity contribution in [2.24, 2.45) is 0 Å². The highest BCUT2D eigenvalue weighted by Crippen LogP contribution is 2.34. The molecule has 0 radical (unpaired) electrons. The van der Waals surface area contributed by atoms with E-state index in [2.05, 4.69) is 30.3 Å². The molecular formula is C20H14O2. The second kappa shape index (κ2) is 4.85. The van der Waals surface area contributed by atoms with Crippen LogP contribution in [0.1, 0.15) is 10.4 Å². The van der Waals surface area contributed by atoms with Gasteiger partial charge in [0.05, 0.1) is 7.11 Å². The number of benzene rings is 4. The zero-order valence-electron chi connectivity index (χ0n) is 12.2. The van der Waals surface area contributed by atoms with Crippen LogP contribution in [0, 0.1) is 0 Å². The molecule has 0 heterocycles. The van der Waals surface area contributed by atoms with Gasteiger partial charge in [0.15, 0.2) is 6.29 Å². The van der Waals surface area contributed by atoms with Gasteiger partial charge in [0.1, 0.15) is 5.75 Å². The number of ether oxygens (including phenoxy) is 1. The minimum Gasteiger partial charge on any atom is -0.497 e. The molecule has 0 saturated heterocycles. The number of carbonyl (C=O) groups excluding carboxylic acids is 1. The molecule has 0 aliphatic carbocycles. The zero-order valence-corrected chi connectivity index (χ0v) is 12.2. The van der Waals surface area contributed by atoms with Crippen LogP contribution >= 0.6 is 0 Å². The first kappa shape index (κ1) is 12.8. The third-order valence-electron chi connectivity index (χ3n) is 4.20. The van der Waals surface area contributed by atoms with E-state index in [1.54, 1.807) is 7.11 Å². The van der Waals surface area contributed by atoms with Crippen LogP contribution in [0.15, 0.2) is 60.7 Å². The second-order valence-electron chi connectivity index (χ2n) is 5.38. The molecule has 4 aromatic rings. The summed E-state index contributed by atoms with van der Waals surface area (Å²) in [7, 11) is 1.65. The molecule has 0 aliphatic heterocycles. The number of aldehydes is 1. The summed E-state index contributed by atoms with van der Waals surface area (Å²) in [6.45, 7) is 0. The van der Waals surface area contributed by atoms with Gasteiger partial charge < -0.3 is 4.74 Å². The smallest absolute Gasteiger partial charge is 0.150 e. The number of fused-ring (bicyclic) bond motifs is 5. The largest absolute Gasteiger partial charge is 0.497 e. The molecule has 22 heavy (non-hydrogen) atoms. The van der Waals surface area contributed by atoms with Gasteiger partial charge in [0, 0.05) is 10.9 Å². The van der Waals surface area contributed by atoms with E-state index in [0.717, 1.165) is 44.4 Å². The number of rotatable bonds is 2. The van der Waals surface area contributed by atoms with Crippen LogP contribution in [0.3, 0.4) is 0 Å². The third-order valence-corrected chi connectivity index (χ3v) is 4.20. The molecule has 4 rings (SSSR count). The molecule has 0 amide bonds. The second-order valence-corrected chi connectivity index (χ2v) is 5.38. The first-order chi connectivity index (χ1) is 10.8. The van der Waals surface area contributed by atoms with E-state index in [4.69, 9.17) is 4.74 Å². The fourth-order valence-electron chi connectivity index (χ4n) is 3.17. The molecule has 2 nitrogen and oxygen atoms in total. The Morgan fingerprint density at radius 3 is 2.45 bits per heavy atom. The maximum absolute atomic E-state index is 11.6. The number of carbonyl (C=O) groups is 1. The maximum atomic E-state index is 11.6. The van der Waals surface area contributed by atoms with Gasteiger partial charge >= 0.3 is 0 Å². The molecule has 0 unspecified atom stereocenters. The van der Waals surface area contributed by atoms with Crippen molar-refractivity contribution in [3.63, 3.8) is 0 Å². The number of methoxy groups -OCH3 is 1. The van der Waals surface area contributed by atoms with Crippen LogP contribution in [0.5, 0.6) is 5.75 Å². The van der Waals surface area contributed by atoms with Crippen LogP contribution < -0.4 is 4.74 Å². The molecule has 0 saturated carbocycles. The van der Waals surface area contributed by atoms with Crippen LogP contribution in [0.2, 0.25) is 0 Å². The minimum absolute atomic E-state index is 0.715. The molecule has 0 fully saturated rings. The molecule has 0 atom stereocenters. The summed E-state index contributed by atoms with van der Waals surface area (Å²) in [5.74, 6) is 0.796. The number of hydrogen-bond acceptors (Lipinski definition) is 2. The third kappa shape index (κ3) is 1.77. The van der Waals surface area contributed by atoms with Gasteiger partial charge in [-0.2, -0.15) is 0 Å². The molecule has 0 bridgehead atoms. The Morgan fingerprint density at radius 1 is 0.818 bits per heavy atom. The Kier molecular flexibility index (Phi) is 2.83. The van der Waals surface area contributed by atoms with E-state index >= 15 is 0 Å². The van der Waals surface area contributed by atoms with Crippen molar-refractivity contribution in [3.05, 3.63) is 66.2 Å². The van der Waals surface area contributed by atoms with Crippen molar-refractivity contribution < 1.29 is 9.53 Å². The highest BCUT2D eigenvalue weighted by Gasteiger charge is 2.10. The highest BCUT2D eigenvalue weighted by molar-refractivity contribution is 6.22. The Hall–Kier alpha value is -2.87. The fourth-order valence-corrected chi connectivity index (χ4v) is 3.17. The van der Waals surface area contributed by atoms with E-state index in [0.29, 0.717) is 5.56 Å². The SMILES string of the molecule is COc1ccc2c(c1)cc(C=O)c1c3ccccc3ccc21. The van der Waals surface area contributed by atoms with Crippen molar-refractivity contribution in [1.29, 1.82) is 0 Å². The summed E-state index contributed by atoms with van der Waals surface area (Å²) >= 11 is 0. The lowest BCUT2D eigenvalue weighted by atomic mass is 9.93. The van der Waals surface area contributed by atoms with E-state index in [9.17, 15) is 4.79 Å². The first-order valence-corrected chi connectivity index (χ1v) is 7.19. The monoisotopic (exact) mass is 286 g/mol. The van der Waals surface area contributed by atoms with Crippen LogP contribution in [-0.2, 0) is 0 Å². The van der Waals surface area contributed by atoms with E-state index in [-0.39, 0.29) is 0 Å². The maximum Gasteiger partial charge on any atom is 0.150 e. The van der Waals surface area contributed by atoms with Crippen LogP contribution in [-0.4, -0.2) is 13.4 Å². The zero-order chi connectivity index (χ0) is 15.1. The predicted octanol–water partition coefficient (Wildman–Crippen LogP) is 4.97. The van der Waals surface area contributed by atoms with Crippen molar-refractivity contribution in [3.8, 4) is 5.75 Å². The summed E-state index contributed by atoms with van der Waals surface area (Å²) in [4.78, 5) is 11.6. The fraction of sp³-hybridized carbons (Fsp3) is 0.0500. The molecule has 4 aromatic carbocycles.